The van der Waals surface area contributed by atoms with Crippen molar-refractivity contribution in [3.63, 3.8) is 0 Å². The third-order valence-electron chi connectivity index (χ3n) is 15.3. The quantitative estimate of drug-likeness (QED) is 0.0320. The summed E-state index contributed by atoms with van der Waals surface area (Å²) in [6.45, 7) is 4.97. The van der Waals surface area contributed by atoms with Gasteiger partial charge in [0.1, 0.15) is 0 Å². The Hall–Kier alpha value is -1.40. The molecular weight excluding hydrogens is 875 g/mol. The first-order valence-electron chi connectivity index (χ1n) is 32.4. The van der Waals surface area contributed by atoms with Crippen molar-refractivity contribution in [3.8, 4) is 0 Å². The fourth-order valence-electron chi connectivity index (χ4n) is 10.3. The number of esters is 1. The highest BCUT2D eigenvalue weighted by Crippen LogP contribution is 2.18. The number of rotatable bonds is 61. The smallest absolute Gasteiger partial charge is 0.305 e. The molecule has 0 aromatic heterocycles. The van der Waals surface area contributed by atoms with Crippen LogP contribution in [0.1, 0.15) is 367 Å². The van der Waals surface area contributed by atoms with E-state index in [4.69, 9.17) is 4.74 Å². The normalized spacial score (nSPS) is 12.6. The Kier molecular flexibility index (Phi) is 59.9. The highest BCUT2D eigenvalue weighted by atomic mass is 16.5. The number of amides is 1. The zero-order chi connectivity index (χ0) is 51.4. The summed E-state index contributed by atoms with van der Waals surface area (Å²) in [6.07, 6.45) is 73.6. The molecule has 2 unspecified atom stereocenters. The van der Waals surface area contributed by atoms with Crippen molar-refractivity contribution in [1.29, 1.82) is 0 Å². The molecule has 0 aliphatic carbocycles. The number of hydrogen-bond acceptors (Lipinski definition) is 5. The maximum absolute atomic E-state index is 12.5. The third kappa shape index (κ3) is 57.7. The van der Waals surface area contributed by atoms with Gasteiger partial charge in [0.15, 0.2) is 0 Å². The van der Waals surface area contributed by atoms with Crippen LogP contribution in [0.15, 0.2) is 12.2 Å². The molecule has 6 nitrogen and oxygen atoms in total. The van der Waals surface area contributed by atoms with E-state index in [9.17, 15) is 19.8 Å². The zero-order valence-electron chi connectivity index (χ0n) is 48.2. The maximum Gasteiger partial charge on any atom is 0.305 e. The summed E-state index contributed by atoms with van der Waals surface area (Å²) >= 11 is 0. The number of allylic oxidation sites excluding steroid dienone is 2. The van der Waals surface area contributed by atoms with Gasteiger partial charge in [-0.25, -0.2) is 0 Å². The Bertz CT molecular complexity index is 1060. The molecule has 1 amide bonds. The van der Waals surface area contributed by atoms with Crippen LogP contribution in [0, 0.1) is 0 Å². The van der Waals surface area contributed by atoms with E-state index in [1.807, 2.05) is 0 Å². The molecule has 0 radical (unpaired) electrons. The number of aliphatic hydroxyl groups is 2. The highest BCUT2D eigenvalue weighted by molar-refractivity contribution is 5.76. The maximum atomic E-state index is 12.5. The van der Waals surface area contributed by atoms with Gasteiger partial charge < -0.3 is 20.3 Å². The largest absolute Gasteiger partial charge is 0.466 e. The molecule has 0 saturated heterocycles. The molecule has 6 heteroatoms. The average molecular weight is 1000 g/mol. The van der Waals surface area contributed by atoms with Crippen molar-refractivity contribution in [2.45, 2.75) is 379 Å². The van der Waals surface area contributed by atoms with Gasteiger partial charge in [0.05, 0.1) is 25.4 Å². The molecule has 0 aromatic rings. The van der Waals surface area contributed by atoms with E-state index in [0.717, 1.165) is 44.9 Å². The average Bonchev–Trinajstić information content (AvgIpc) is 3.37. The first kappa shape index (κ1) is 69.6. The van der Waals surface area contributed by atoms with Gasteiger partial charge in [0.25, 0.3) is 0 Å². The van der Waals surface area contributed by atoms with E-state index in [1.54, 1.807) is 0 Å². The lowest BCUT2D eigenvalue weighted by Gasteiger charge is -2.22. The van der Waals surface area contributed by atoms with Crippen molar-refractivity contribution < 1.29 is 24.5 Å². The van der Waals surface area contributed by atoms with Crippen LogP contribution in [0.5, 0.6) is 0 Å². The van der Waals surface area contributed by atoms with E-state index in [2.05, 4.69) is 31.3 Å². The number of carbonyl (C=O) groups is 2. The molecule has 0 fully saturated rings. The van der Waals surface area contributed by atoms with Crippen LogP contribution in [-0.4, -0.2) is 47.4 Å². The van der Waals surface area contributed by atoms with Crippen molar-refractivity contribution in [3.05, 3.63) is 12.2 Å². The minimum Gasteiger partial charge on any atom is -0.466 e. The van der Waals surface area contributed by atoms with Crippen molar-refractivity contribution in [2.75, 3.05) is 13.2 Å². The van der Waals surface area contributed by atoms with E-state index in [-0.39, 0.29) is 18.5 Å². The van der Waals surface area contributed by atoms with Gasteiger partial charge in [-0.2, -0.15) is 0 Å². The van der Waals surface area contributed by atoms with Crippen LogP contribution in [0.4, 0.5) is 0 Å². The molecule has 0 bridgehead atoms. The van der Waals surface area contributed by atoms with Crippen LogP contribution < -0.4 is 5.32 Å². The molecule has 0 rings (SSSR count). The summed E-state index contributed by atoms with van der Waals surface area (Å²) < 4.78 is 5.48. The van der Waals surface area contributed by atoms with Gasteiger partial charge in [0, 0.05) is 12.8 Å². The molecule has 0 aliphatic rings. The summed E-state index contributed by atoms with van der Waals surface area (Å²) in [4.78, 5) is 24.6. The molecule has 71 heavy (non-hydrogen) atoms. The Balaban J connectivity index is 3.40. The Morgan fingerprint density at radius 2 is 0.662 bits per heavy atom. The second-order valence-electron chi connectivity index (χ2n) is 22.5. The summed E-state index contributed by atoms with van der Waals surface area (Å²) in [5.74, 6) is -0.0343. The monoisotopic (exact) mass is 1000 g/mol. The van der Waals surface area contributed by atoms with Gasteiger partial charge in [-0.05, 0) is 51.4 Å². The lowest BCUT2D eigenvalue weighted by atomic mass is 10.0. The second-order valence-corrected chi connectivity index (χ2v) is 22.5. The number of unbranched alkanes of at least 4 members (excludes halogenated alkanes) is 48. The lowest BCUT2D eigenvalue weighted by Crippen LogP contribution is -2.45. The van der Waals surface area contributed by atoms with E-state index < -0.39 is 12.1 Å². The third-order valence-corrected chi connectivity index (χ3v) is 15.3. The summed E-state index contributed by atoms with van der Waals surface area (Å²) in [5.41, 5.74) is 0. The minimum absolute atomic E-state index is 0.000574. The van der Waals surface area contributed by atoms with Crippen LogP contribution in [0.25, 0.3) is 0 Å². The zero-order valence-corrected chi connectivity index (χ0v) is 48.2. The van der Waals surface area contributed by atoms with Gasteiger partial charge in [-0.1, -0.05) is 315 Å². The fourth-order valence-corrected chi connectivity index (χ4v) is 10.3. The molecule has 3 N–H and O–H groups in total. The topological polar surface area (TPSA) is 95.9 Å². The van der Waals surface area contributed by atoms with Crippen molar-refractivity contribution >= 4 is 11.9 Å². The second kappa shape index (κ2) is 61.1. The summed E-state index contributed by atoms with van der Waals surface area (Å²) in [7, 11) is 0. The first-order valence-corrected chi connectivity index (χ1v) is 32.4. The minimum atomic E-state index is -0.668. The number of ether oxygens (including phenoxy) is 1. The fraction of sp³-hybridized carbons (Fsp3) is 0.938. The number of aliphatic hydroxyl groups excluding tert-OH is 2. The number of carbonyl (C=O) groups excluding carboxylic acids is 2. The van der Waals surface area contributed by atoms with Crippen LogP contribution in [0.3, 0.4) is 0 Å². The van der Waals surface area contributed by atoms with Gasteiger partial charge in [0.2, 0.25) is 5.91 Å². The summed E-state index contributed by atoms with van der Waals surface area (Å²) in [5, 5.41) is 23.4. The van der Waals surface area contributed by atoms with Crippen LogP contribution >= 0.6 is 0 Å². The molecule has 0 heterocycles. The predicted octanol–water partition coefficient (Wildman–Crippen LogP) is 20.4. The van der Waals surface area contributed by atoms with Crippen LogP contribution in [0.2, 0.25) is 0 Å². The predicted molar refractivity (Wildman–Crippen MR) is 310 cm³/mol. The SMILES string of the molecule is CCCCCCCC/C=C\CCCCCCCC(=O)OCCCCCCCCCCCCCCCCCCCCC(=O)NC(CO)C(O)CCCCCCCCCCCCCCCCCCCCCCC. The van der Waals surface area contributed by atoms with Gasteiger partial charge in [-0.15, -0.1) is 0 Å². The Morgan fingerprint density at radius 1 is 0.380 bits per heavy atom. The molecule has 2 atom stereocenters. The van der Waals surface area contributed by atoms with E-state index in [1.165, 1.54) is 289 Å². The molecule has 0 spiro atoms. The number of hydrogen-bond donors (Lipinski definition) is 3. The van der Waals surface area contributed by atoms with E-state index in [0.29, 0.717) is 25.9 Å². The van der Waals surface area contributed by atoms with Gasteiger partial charge in [-0.3, -0.25) is 9.59 Å². The highest BCUT2D eigenvalue weighted by Gasteiger charge is 2.20. The molecular formula is C65H127NO5. The Labute approximate surface area is 444 Å². The van der Waals surface area contributed by atoms with Crippen molar-refractivity contribution in [1.82, 2.24) is 5.32 Å². The molecule has 0 aromatic carbocycles. The van der Waals surface area contributed by atoms with Crippen LogP contribution in [-0.2, 0) is 14.3 Å². The molecule has 0 saturated carbocycles. The standard InChI is InChI=1S/C65H127NO5/c1-3-5-7-9-11-13-15-17-19-20-21-22-23-26-30-33-37-41-45-49-53-57-63(68)62(61-67)66-64(69)58-54-50-46-42-38-34-31-27-24-25-28-32-36-40-44-48-52-56-60-71-65(70)59-55-51-47-43-39-35-29-18-16-14-12-10-8-6-4-2/h18,29,62-63,67-68H,3-17,19-28,30-61H2,1-2H3,(H,66,69)/b29-18-. The summed E-state index contributed by atoms with van der Waals surface area (Å²) in [6, 6.07) is -0.545. The molecule has 422 valence electrons. The number of nitrogens with one attached hydrogen (secondary N) is 1. The molecule has 0 aliphatic heterocycles. The lowest BCUT2D eigenvalue weighted by molar-refractivity contribution is -0.143. The van der Waals surface area contributed by atoms with Crippen molar-refractivity contribution in [2.24, 2.45) is 0 Å². The van der Waals surface area contributed by atoms with E-state index >= 15 is 0 Å². The Morgan fingerprint density at radius 3 is 1.00 bits per heavy atom. The van der Waals surface area contributed by atoms with Gasteiger partial charge >= 0.3 is 5.97 Å². The first-order chi connectivity index (χ1) is 35.0.